The second-order valence-corrected chi connectivity index (χ2v) is 6.33. The smallest absolute Gasteiger partial charge is 0.193 e. The van der Waals surface area contributed by atoms with Gasteiger partial charge in [-0.25, -0.2) is 0 Å². The Balaban J connectivity index is 0.00000288. The van der Waals surface area contributed by atoms with Crippen LogP contribution in [0.2, 0.25) is 5.02 Å². The molecule has 0 aromatic heterocycles. The zero-order valence-electron chi connectivity index (χ0n) is 14.0. The Hall–Kier alpha value is -1.47. The number of hydrogen-bond donors (Lipinski definition) is 2. The third kappa shape index (κ3) is 5.56. The van der Waals surface area contributed by atoms with Crippen molar-refractivity contribution >= 4 is 47.2 Å². The van der Waals surface area contributed by atoms with Crippen LogP contribution in [0.4, 0.5) is 5.69 Å². The molecule has 24 heavy (non-hydrogen) atoms. The lowest BCUT2D eigenvalue weighted by atomic mass is 9.85. The van der Waals surface area contributed by atoms with Gasteiger partial charge in [-0.1, -0.05) is 49.7 Å². The number of guanidine groups is 1. The average molecular weight is 460 g/mol. The predicted molar refractivity (Wildman–Crippen MR) is 113 cm³/mol. The molecule has 0 radical (unpaired) electrons. The maximum atomic E-state index is 6.28. The lowest BCUT2D eigenvalue weighted by molar-refractivity contribution is 0.415. The lowest BCUT2D eigenvalue weighted by Gasteiger charge is -2.24. The van der Waals surface area contributed by atoms with Crippen LogP contribution < -0.4 is 15.8 Å². The summed E-state index contributed by atoms with van der Waals surface area (Å²) in [5.74, 6) is 1.12. The monoisotopic (exact) mass is 459 g/mol. The normalized spacial score (nSPS) is 11.6. The second-order valence-electron chi connectivity index (χ2n) is 5.92. The van der Waals surface area contributed by atoms with E-state index in [1.807, 2.05) is 48.5 Å². The Labute approximate surface area is 165 Å². The summed E-state index contributed by atoms with van der Waals surface area (Å²) in [5, 5.41) is 3.81. The summed E-state index contributed by atoms with van der Waals surface area (Å²) in [6, 6.07) is 15.3. The summed E-state index contributed by atoms with van der Waals surface area (Å²) in [6.07, 6.45) is 0. The topological polar surface area (TPSA) is 59.6 Å². The van der Waals surface area contributed by atoms with Crippen molar-refractivity contribution < 1.29 is 4.74 Å². The van der Waals surface area contributed by atoms with Crippen LogP contribution in [0, 0.1) is 0 Å². The Morgan fingerprint density at radius 2 is 1.92 bits per heavy atom. The van der Waals surface area contributed by atoms with Crippen molar-refractivity contribution in [1.29, 1.82) is 0 Å². The van der Waals surface area contributed by atoms with Gasteiger partial charge in [0.25, 0.3) is 0 Å². The molecule has 2 rings (SSSR count). The third-order valence-corrected chi connectivity index (χ3v) is 3.92. The first kappa shape index (κ1) is 20.6. The molecule has 4 nitrogen and oxygen atoms in total. The molecule has 0 atom stereocenters. The SMILES string of the molecule is COc1cccc(NC(N)=NCC(C)(C)c2ccccc2Cl)c1.I. The predicted octanol–water partition coefficient (Wildman–Crippen LogP) is 4.67. The quantitative estimate of drug-likeness (QED) is 0.388. The number of ether oxygens (including phenoxy) is 1. The molecule has 0 amide bonds. The zero-order valence-corrected chi connectivity index (χ0v) is 17.1. The number of nitrogens with two attached hydrogens (primary N) is 1. The summed E-state index contributed by atoms with van der Waals surface area (Å²) in [7, 11) is 1.63. The molecule has 0 bridgehead atoms. The van der Waals surface area contributed by atoms with Gasteiger partial charge in [0.15, 0.2) is 5.96 Å². The van der Waals surface area contributed by atoms with E-state index in [4.69, 9.17) is 22.1 Å². The van der Waals surface area contributed by atoms with Crippen LogP contribution in [0.5, 0.6) is 5.75 Å². The fourth-order valence-corrected chi connectivity index (χ4v) is 2.66. The number of nitrogens with one attached hydrogen (secondary N) is 1. The van der Waals surface area contributed by atoms with Gasteiger partial charge >= 0.3 is 0 Å². The molecule has 0 aliphatic carbocycles. The van der Waals surface area contributed by atoms with E-state index in [1.165, 1.54) is 0 Å². The van der Waals surface area contributed by atoms with E-state index in [1.54, 1.807) is 7.11 Å². The van der Waals surface area contributed by atoms with E-state index < -0.39 is 0 Å². The van der Waals surface area contributed by atoms with E-state index in [9.17, 15) is 0 Å². The number of aliphatic imine (C=N–C) groups is 1. The number of nitrogens with zero attached hydrogens (tertiary/aromatic N) is 1. The third-order valence-electron chi connectivity index (χ3n) is 3.59. The van der Waals surface area contributed by atoms with E-state index in [2.05, 4.69) is 24.2 Å². The summed E-state index contributed by atoms with van der Waals surface area (Å²) >= 11 is 6.28. The molecule has 0 aliphatic rings. The van der Waals surface area contributed by atoms with E-state index in [0.29, 0.717) is 12.5 Å². The number of hydrogen-bond acceptors (Lipinski definition) is 2. The van der Waals surface area contributed by atoms with E-state index >= 15 is 0 Å². The summed E-state index contributed by atoms with van der Waals surface area (Å²) in [4.78, 5) is 4.45. The largest absolute Gasteiger partial charge is 0.497 e. The highest BCUT2D eigenvalue weighted by Gasteiger charge is 2.22. The molecule has 2 aromatic rings. The van der Waals surface area contributed by atoms with Gasteiger partial charge in [0.1, 0.15) is 5.75 Å². The molecule has 6 heteroatoms. The van der Waals surface area contributed by atoms with Crippen LogP contribution in [-0.4, -0.2) is 19.6 Å². The number of methoxy groups -OCH3 is 1. The Morgan fingerprint density at radius 3 is 2.58 bits per heavy atom. The van der Waals surface area contributed by atoms with E-state index in [0.717, 1.165) is 22.0 Å². The van der Waals surface area contributed by atoms with Gasteiger partial charge in [-0.05, 0) is 23.8 Å². The first-order chi connectivity index (χ1) is 10.9. The van der Waals surface area contributed by atoms with Crippen molar-refractivity contribution in [3.63, 3.8) is 0 Å². The Kier molecular flexibility index (Phi) is 7.83. The molecular formula is C18H23ClIN3O. The van der Waals surface area contributed by atoms with Crippen molar-refractivity contribution in [1.82, 2.24) is 0 Å². The molecule has 0 unspecified atom stereocenters. The summed E-state index contributed by atoms with van der Waals surface area (Å²) in [6.45, 7) is 4.71. The Morgan fingerprint density at radius 1 is 1.21 bits per heavy atom. The molecule has 2 aromatic carbocycles. The highest BCUT2D eigenvalue weighted by Crippen LogP contribution is 2.29. The number of anilines is 1. The van der Waals surface area contributed by atoms with Crippen molar-refractivity contribution in [2.75, 3.05) is 19.0 Å². The van der Waals surface area contributed by atoms with Gasteiger partial charge in [0, 0.05) is 22.2 Å². The fourth-order valence-electron chi connectivity index (χ4n) is 2.27. The van der Waals surface area contributed by atoms with Crippen LogP contribution in [0.15, 0.2) is 53.5 Å². The van der Waals surface area contributed by atoms with Crippen LogP contribution in [0.25, 0.3) is 0 Å². The number of benzene rings is 2. The molecule has 0 fully saturated rings. The molecule has 0 aliphatic heterocycles. The van der Waals surface area contributed by atoms with Crippen molar-refractivity contribution in [3.8, 4) is 5.75 Å². The minimum atomic E-state index is -0.209. The van der Waals surface area contributed by atoms with Gasteiger partial charge < -0.3 is 15.8 Å². The molecule has 3 N–H and O–H groups in total. The zero-order chi connectivity index (χ0) is 16.9. The van der Waals surface area contributed by atoms with Gasteiger partial charge in [-0.15, -0.1) is 24.0 Å². The van der Waals surface area contributed by atoms with E-state index in [-0.39, 0.29) is 29.4 Å². The van der Waals surface area contributed by atoms with Gasteiger partial charge in [0.2, 0.25) is 0 Å². The molecule has 130 valence electrons. The van der Waals surface area contributed by atoms with Crippen LogP contribution in [0.3, 0.4) is 0 Å². The first-order valence-corrected chi connectivity index (χ1v) is 7.76. The maximum Gasteiger partial charge on any atom is 0.193 e. The van der Waals surface area contributed by atoms with Crippen molar-refractivity contribution in [2.24, 2.45) is 10.7 Å². The van der Waals surface area contributed by atoms with Gasteiger partial charge in [0.05, 0.1) is 13.7 Å². The summed E-state index contributed by atoms with van der Waals surface area (Å²) < 4.78 is 5.19. The summed E-state index contributed by atoms with van der Waals surface area (Å²) in [5.41, 5.74) is 7.67. The fraction of sp³-hybridized carbons (Fsp3) is 0.278. The second kappa shape index (κ2) is 9.13. The molecule has 0 spiro atoms. The average Bonchev–Trinajstić information content (AvgIpc) is 2.53. The number of rotatable bonds is 5. The standard InChI is InChI=1S/C18H22ClN3O.HI/c1-18(2,15-9-4-5-10-16(15)19)12-21-17(20)22-13-7-6-8-14(11-13)23-3;/h4-11H,12H2,1-3H3,(H3,20,21,22);1H. The minimum absolute atomic E-state index is 0. The molecular weight excluding hydrogens is 437 g/mol. The molecule has 0 saturated carbocycles. The van der Waals surface area contributed by atoms with Crippen molar-refractivity contribution in [3.05, 3.63) is 59.1 Å². The molecule has 0 saturated heterocycles. The highest BCUT2D eigenvalue weighted by atomic mass is 127. The lowest BCUT2D eigenvalue weighted by Crippen LogP contribution is -2.28. The number of halogens is 2. The van der Waals surface area contributed by atoms with Gasteiger partial charge in [-0.3, -0.25) is 4.99 Å². The van der Waals surface area contributed by atoms with Crippen LogP contribution in [0.1, 0.15) is 19.4 Å². The maximum absolute atomic E-state index is 6.28. The van der Waals surface area contributed by atoms with Crippen LogP contribution >= 0.6 is 35.6 Å². The Bertz CT molecular complexity index is 704. The first-order valence-electron chi connectivity index (χ1n) is 7.38. The highest BCUT2D eigenvalue weighted by molar-refractivity contribution is 14.0. The van der Waals surface area contributed by atoms with Crippen LogP contribution in [-0.2, 0) is 5.41 Å². The minimum Gasteiger partial charge on any atom is -0.497 e. The van der Waals surface area contributed by atoms with Gasteiger partial charge in [-0.2, -0.15) is 0 Å². The van der Waals surface area contributed by atoms with Crippen molar-refractivity contribution in [2.45, 2.75) is 19.3 Å². The molecule has 0 heterocycles.